The van der Waals surface area contributed by atoms with Crippen molar-refractivity contribution in [3.05, 3.63) is 17.5 Å². The number of aryl methyl sites for hydroxylation is 1. The van der Waals surface area contributed by atoms with E-state index in [1.807, 2.05) is 0 Å². The summed E-state index contributed by atoms with van der Waals surface area (Å²) in [7, 11) is 1.78. The third-order valence-electron chi connectivity index (χ3n) is 4.03. The van der Waals surface area contributed by atoms with Gasteiger partial charge in [0.2, 0.25) is 0 Å². The number of carboxylic acids is 1. The minimum absolute atomic E-state index is 0.297. The van der Waals surface area contributed by atoms with E-state index in [0.717, 1.165) is 18.2 Å². The molecular formula is C14H23N3O2. The van der Waals surface area contributed by atoms with Gasteiger partial charge in [-0.25, -0.2) is 4.79 Å². The van der Waals surface area contributed by atoms with Gasteiger partial charge in [0.25, 0.3) is 0 Å². The lowest BCUT2D eigenvalue weighted by molar-refractivity contribution is 0.0695. The third-order valence-corrected chi connectivity index (χ3v) is 4.03. The second kappa shape index (κ2) is 6.70. The van der Waals surface area contributed by atoms with E-state index in [1.54, 1.807) is 11.7 Å². The summed E-state index contributed by atoms with van der Waals surface area (Å²) in [5.74, 6) is 0.0175. The monoisotopic (exact) mass is 265 g/mol. The molecule has 0 radical (unpaired) electrons. The van der Waals surface area contributed by atoms with Gasteiger partial charge in [0.15, 0.2) is 0 Å². The Hall–Kier alpha value is -1.36. The summed E-state index contributed by atoms with van der Waals surface area (Å²) in [4.78, 5) is 11.0. The van der Waals surface area contributed by atoms with Gasteiger partial charge in [-0.15, -0.1) is 0 Å². The summed E-state index contributed by atoms with van der Waals surface area (Å²) in [5, 5.41) is 16.4. The van der Waals surface area contributed by atoms with Crippen molar-refractivity contribution >= 4 is 5.97 Å². The molecule has 1 aliphatic rings. The summed E-state index contributed by atoms with van der Waals surface area (Å²) in [6.07, 6.45) is 9.47. The van der Waals surface area contributed by atoms with Gasteiger partial charge in [-0.1, -0.05) is 25.7 Å². The van der Waals surface area contributed by atoms with Crippen LogP contribution in [0.3, 0.4) is 0 Å². The number of hydrogen-bond donors (Lipinski definition) is 2. The quantitative estimate of drug-likeness (QED) is 0.742. The van der Waals surface area contributed by atoms with Crippen LogP contribution in [0.25, 0.3) is 0 Å². The van der Waals surface area contributed by atoms with Gasteiger partial charge in [-0.05, 0) is 25.3 Å². The highest BCUT2D eigenvalue weighted by atomic mass is 16.4. The fraction of sp³-hybridized carbons (Fsp3) is 0.714. The average Bonchev–Trinajstić information content (AvgIpc) is 2.99. The van der Waals surface area contributed by atoms with Crippen molar-refractivity contribution in [1.29, 1.82) is 0 Å². The number of rotatable bonds is 7. The van der Waals surface area contributed by atoms with E-state index in [9.17, 15) is 4.79 Å². The minimum Gasteiger partial charge on any atom is -0.478 e. The van der Waals surface area contributed by atoms with Gasteiger partial charge in [-0.3, -0.25) is 4.68 Å². The molecule has 1 saturated carbocycles. The molecule has 1 heterocycles. The van der Waals surface area contributed by atoms with Gasteiger partial charge in [0, 0.05) is 13.6 Å². The van der Waals surface area contributed by atoms with Crippen molar-refractivity contribution < 1.29 is 9.90 Å². The molecule has 0 bridgehead atoms. The normalized spacial score (nSPS) is 16.1. The maximum atomic E-state index is 11.0. The number of aromatic nitrogens is 2. The Morgan fingerprint density at radius 2 is 2.26 bits per heavy atom. The molecule has 1 aromatic heterocycles. The van der Waals surface area contributed by atoms with Crippen LogP contribution >= 0.6 is 0 Å². The van der Waals surface area contributed by atoms with Crippen molar-refractivity contribution in [3.63, 3.8) is 0 Å². The first-order valence-electron chi connectivity index (χ1n) is 7.13. The summed E-state index contributed by atoms with van der Waals surface area (Å²) in [5.41, 5.74) is 1.04. The van der Waals surface area contributed by atoms with Gasteiger partial charge in [0.1, 0.15) is 5.56 Å². The van der Waals surface area contributed by atoms with Crippen LogP contribution in [0.2, 0.25) is 0 Å². The standard InChI is InChI=1S/C14H23N3O2/c1-17-13(12(9-16-17)14(18)19)10-15-8-4-7-11-5-2-3-6-11/h9,11,15H,2-8,10H2,1H3,(H,18,19). The third kappa shape index (κ3) is 3.80. The molecule has 1 aliphatic carbocycles. The van der Waals surface area contributed by atoms with E-state index in [2.05, 4.69) is 10.4 Å². The molecule has 5 nitrogen and oxygen atoms in total. The number of nitrogens with zero attached hydrogens (tertiary/aromatic N) is 2. The highest BCUT2D eigenvalue weighted by Gasteiger charge is 2.15. The Bertz CT molecular complexity index is 422. The zero-order valence-electron chi connectivity index (χ0n) is 11.6. The minimum atomic E-state index is -0.907. The second-order valence-electron chi connectivity index (χ2n) is 5.40. The van der Waals surface area contributed by atoms with Crippen LogP contribution in [0.15, 0.2) is 6.20 Å². The molecule has 19 heavy (non-hydrogen) atoms. The van der Waals surface area contributed by atoms with Crippen molar-refractivity contribution in [2.24, 2.45) is 13.0 Å². The molecule has 2 rings (SSSR count). The zero-order valence-corrected chi connectivity index (χ0v) is 11.6. The molecule has 106 valence electrons. The SMILES string of the molecule is Cn1ncc(C(=O)O)c1CNCCCC1CCCC1. The molecule has 0 spiro atoms. The predicted molar refractivity (Wildman–Crippen MR) is 73.1 cm³/mol. The maximum Gasteiger partial charge on any atom is 0.339 e. The van der Waals surface area contributed by atoms with Crippen molar-refractivity contribution in [2.75, 3.05) is 6.54 Å². The van der Waals surface area contributed by atoms with Crippen LogP contribution in [0.5, 0.6) is 0 Å². The fourth-order valence-corrected chi connectivity index (χ4v) is 2.87. The number of nitrogens with one attached hydrogen (secondary N) is 1. The number of aromatic carboxylic acids is 1. The lowest BCUT2D eigenvalue weighted by atomic mass is 10.0. The molecule has 0 aliphatic heterocycles. The molecule has 1 aromatic rings. The molecule has 0 unspecified atom stereocenters. The number of carbonyl (C=O) groups is 1. The van der Waals surface area contributed by atoms with Crippen LogP contribution in [0.4, 0.5) is 0 Å². The van der Waals surface area contributed by atoms with Crippen LogP contribution in [0, 0.1) is 5.92 Å². The topological polar surface area (TPSA) is 67.2 Å². The molecule has 2 N–H and O–H groups in total. The van der Waals surface area contributed by atoms with Crippen molar-refractivity contribution in [1.82, 2.24) is 15.1 Å². The van der Waals surface area contributed by atoms with Crippen LogP contribution in [-0.4, -0.2) is 27.4 Å². The predicted octanol–water partition coefficient (Wildman–Crippen LogP) is 2.18. The first-order chi connectivity index (χ1) is 9.18. The Morgan fingerprint density at radius 1 is 1.53 bits per heavy atom. The largest absolute Gasteiger partial charge is 0.478 e. The van der Waals surface area contributed by atoms with E-state index in [1.165, 1.54) is 44.7 Å². The van der Waals surface area contributed by atoms with Crippen molar-refractivity contribution in [2.45, 2.75) is 45.1 Å². The molecule has 5 heteroatoms. The summed E-state index contributed by atoms with van der Waals surface area (Å²) in [6.45, 7) is 1.52. The maximum absolute atomic E-state index is 11.0. The first-order valence-corrected chi connectivity index (χ1v) is 7.13. The highest BCUT2D eigenvalue weighted by molar-refractivity contribution is 5.88. The van der Waals surface area contributed by atoms with Crippen LogP contribution in [-0.2, 0) is 13.6 Å². The number of hydrogen-bond acceptors (Lipinski definition) is 3. The summed E-state index contributed by atoms with van der Waals surface area (Å²) >= 11 is 0. The molecule has 0 saturated heterocycles. The van der Waals surface area contributed by atoms with Crippen LogP contribution < -0.4 is 5.32 Å². The van der Waals surface area contributed by atoms with Crippen molar-refractivity contribution in [3.8, 4) is 0 Å². The Balaban J connectivity index is 1.70. The van der Waals surface area contributed by atoms with Gasteiger partial charge >= 0.3 is 5.97 Å². The van der Waals surface area contributed by atoms with E-state index in [-0.39, 0.29) is 0 Å². The van der Waals surface area contributed by atoms with E-state index in [0.29, 0.717) is 12.1 Å². The molecular weight excluding hydrogens is 242 g/mol. The zero-order chi connectivity index (χ0) is 13.7. The molecule has 0 atom stereocenters. The van der Waals surface area contributed by atoms with Gasteiger partial charge < -0.3 is 10.4 Å². The molecule has 0 aromatic carbocycles. The number of carboxylic acid groups (broad SMARTS) is 1. The Kier molecular flexibility index (Phi) is 4.96. The lowest BCUT2D eigenvalue weighted by Crippen LogP contribution is -2.19. The summed E-state index contributed by atoms with van der Waals surface area (Å²) < 4.78 is 1.63. The van der Waals surface area contributed by atoms with E-state index >= 15 is 0 Å². The Morgan fingerprint density at radius 3 is 2.95 bits per heavy atom. The molecule has 0 amide bonds. The first kappa shape index (κ1) is 14.1. The Labute approximate surface area is 114 Å². The average molecular weight is 265 g/mol. The van der Waals surface area contributed by atoms with E-state index < -0.39 is 5.97 Å². The molecule has 1 fully saturated rings. The summed E-state index contributed by atoms with van der Waals surface area (Å²) in [6, 6.07) is 0. The van der Waals surface area contributed by atoms with Gasteiger partial charge in [-0.2, -0.15) is 5.10 Å². The smallest absolute Gasteiger partial charge is 0.339 e. The van der Waals surface area contributed by atoms with Gasteiger partial charge in [0.05, 0.1) is 11.9 Å². The lowest BCUT2D eigenvalue weighted by Gasteiger charge is -2.09. The van der Waals surface area contributed by atoms with E-state index in [4.69, 9.17) is 5.11 Å². The van der Waals surface area contributed by atoms with Crippen LogP contribution in [0.1, 0.15) is 54.6 Å². The second-order valence-corrected chi connectivity index (χ2v) is 5.40. The fourth-order valence-electron chi connectivity index (χ4n) is 2.87. The highest BCUT2D eigenvalue weighted by Crippen LogP contribution is 2.28.